The van der Waals surface area contributed by atoms with Gasteiger partial charge in [0, 0.05) is 36.8 Å². The van der Waals surface area contributed by atoms with Gasteiger partial charge in [0.2, 0.25) is 12.3 Å². The van der Waals surface area contributed by atoms with E-state index in [0.717, 1.165) is 31.2 Å². The van der Waals surface area contributed by atoms with E-state index in [9.17, 15) is 28.0 Å². The summed E-state index contributed by atoms with van der Waals surface area (Å²) in [5.41, 5.74) is 11.1. The number of anilines is 2. The zero-order chi connectivity index (χ0) is 31.1. The van der Waals surface area contributed by atoms with Gasteiger partial charge >= 0.3 is 0 Å². The second kappa shape index (κ2) is 23.5. The van der Waals surface area contributed by atoms with Gasteiger partial charge < -0.3 is 26.1 Å². The lowest BCUT2D eigenvalue weighted by atomic mass is 9.94. The maximum Gasteiger partial charge on any atom is 0.228 e. The first-order valence-corrected chi connectivity index (χ1v) is 13.7. The minimum atomic E-state index is -0.674. The molecule has 224 valence electrons. The first-order chi connectivity index (χ1) is 19.2. The number of ketones is 1. The minimum absolute atomic E-state index is 0.0109. The van der Waals surface area contributed by atoms with Crippen LogP contribution in [0, 0.1) is 23.5 Å². The second-order valence-electron chi connectivity index (χ2n) is 8.14. The number of aldehydes is 1. The second-order valence-corrected chi connectivity index (χ2v) is 8.14. The zero-order valence-electron chi connectivity index (χ0n) is 24.0. The quantitative estimate of drug-likeness (QED) is 0.253. The number of nitrogens with zero attached hydrogens (tertiary/aromatic N) is 2. The molecule has 11 heteroatoms. The number of benzene rings is 2. The molecule has 1 heterocycles. The molecule has 8 nitrogen and oxygen atoms in total. The summed E-state index contributed by atoms with van der Waals surface area (Å²) in [5.74, 6) is -2.04. The van der Waals surface area contributed by atoms with Crippen molar-refractivity contribution in [1.82, 2.24) is 0 Å². The molecular formula is C29H43ClF2N4O4. The fraction of sp³-hybridized carbons (Fsp3) is 0.448. The number of primary amides is 1. The normalized spacial score (nSPS) is 14.2. The Kier molecular flexibility index (Phi) is 22.8. The molecule has 2 aromatic rings. The average molecular weight is 585 g/mol. The average Bonchev–Trinajstić information content (AvgIpc) is 2.99. The maximum absolute atomic E-state index is 12.8. The SMILES string of the molecule is CC.CC(C=O)CCCN(C=O)c1ccc(F)cc1.CCl.CN.NC(=O)C1CCN(c2ccc(F)cc2)CC1=O. The number of piperidine rings is 1. The highest BCUT2D eigenvalue weighted by Crippen LogP contribution is 2.21. The monoisotopic (exact) mass is 584 g/mol. The molecule has 40 heavy (non-hydrogen) atoms. The molecule has 0 radical (unpaired) electrons. The third kappa shape index (κ3) is 14.7. The number of carbonyl (C=O) groups is 4. The summed E-state index contributed by atoms with van der Waals surface area (Å²) < 4.78 is 25.5. The van der Waals surface area contributed by atoms with Gasteiger partial charge in [-0.2, -0.15) is 0 Å². The Hall–Kier alpha value is -3.37. The van der Waals surface area contributed by atoms with Gasteiger partial charge in [-0.25, -0.2) is 8.78 Å². The van der Waals surface area contributed by atoms with Gasteiger partial charge in [0.1, 0.15) is 17.9 Å². The van der Waals surface area contributed by atoms with Crippen LogP contribution in [0.2, 0.25) is 0 Å². The molecule has 2 amide bonds. The largest absolute Gasteiger partial charge is 0.369 e. The van der Waals surface area contributed by atoms with E-state index in [-0.39, 0.29) is 29.9 Å². The summed E-state index contributed by atoms with van der Waals surface area (Å²) >= 11 is 4.64. The predicted molar refractivity (Wildman–Crippen MR) is 158 cm³/mol. The van der Waals surface area contributed by atoms with Crippen molar-refractivity contribution in [2.75, 3.05) is 42.9 Å². The first kappa shape index (κ1) is 38.8. The van der Waals surface area contributed by atoms with Gasteiger partial charge in [-0.05, 0) is 74.8 Å². The van der Waals surface area contributed by atoms with Crippen molar-refractivity contribution in [3.05, 3.63) is 60.2 Å². The number of nitrogens with two attached hydrogens (primary N) is 2. The Morgan fingerprint density at radius 3 is 1.98 bits per heavy atom. The molecule has 0 spiro atoms. The first-order valence-electron chi connectivity index (χ1n) is 13.0. The molecule has 2 atom stereocenters. The lowest BCUT2D eigenvalue weighted by Gasteiger charge is -2.31. The van der Waals surface area contributed by atoms with Crippen molar-refractivity contribution < 1.29 is 28.0 Å². The molecule has 2 aromatic carbocycles. The van der Waals surface area contributed by atoms with Crippen LogP contribution >= 0.6 is 11.6 Å². The van der Waals surface area contributed by atoms with Crippen LogP contribution in [0.1, 0.15) is 40.0 Å². The number of hydrogen-bond donors (Lipinski definition) is 2. The maximum atomic E-state index is 12.8. The molecule has 0 aliphatic carbocycles. The third-order valence-corrected chi connectivity index (χ3v) is 5.53. The van der Waals surface area contributed by atoms with Crippen molar-refractivity contribution in [3.8, 4) is 0 Å². The van der Waals surface area contributed by atoms with Crippen LogP contribution in [-0.2, 0) is 19.2 Å². The van der Waals surface area contributed by atoms with Crippen molar-refractivity contribution in [3.63, 3.8) is 0 Å². The number of amides is 2. The van der Waals surface area contributed by atoms with Crippen LogP contribution in [0.15, 0.2) is 48.5 Å². The third-order valence-electron chi connectivity index (χ3n) is 5.53. The molecule has 2 unspecified atom stereocenters. The van der Waals surface area contributed by atoms with Crippen molar-refractivity contribution >= 4 is 47.4 Å². The summed E-state index contributed by atoms with van der Waals surface area (Å²) in [5, 5.41) is 0. The Balaban J connectivity index is 0. The molecular weight excluding hydrogens is 542 g/mol. The molecule has 0 aromatic heterocycles. The highest BCUT2D eigenvalue weighted by molar-refractivity contribution is 6.15. The van der Waals surface area contributed by atoms with E-state index < -0.39 is 11.8 Å². The minimum Gasteiger partial charge on any atom is -0.369 e. The Morgan fingerprint density at radius 2 is 1.55 bits per heavy atom. The van der Waals surface area contributed by atoms with E-state index in [4.69, 9.17) is 5.73 Å². The molecule has 4 N–H and O–H groups in total. The summed E-state index contributed by atoms with van der Waals surface area (Å²) in [6.07, 6.45) is 5.01. The number of Topliss-reactive ketones (excluding diaryl/α,β-unsaturated/α-hetero) is 1. The predicted octanol–water partition coefficient (Wildman–Crippen LogP) is 4.57. The standard InChI is InChI=1S/C13H16FNO2.C12H13FN2O2.C2H6.CH3Cl.CH5N/c1-11(9-16)3-2-8-15(10-17)13-6-4-12(14)5-7-13;13-8-1-3-9(4-2-8)15-6-5-10(12(14)17)11(16)7-15;3*1-2/h4-7,9-11H,2-3,8H2,1H3;1-4,10H,5-7H2,(H2,14,17);1-2H3;1H3;2H2,1H3. The van der Waals surface area contributed by atoms with E-state index in [1.807, 2.05) is 25.7 Å². The lowest BCUT2D eigenvalue weighted by molar-refractivity contribution is -0.132. The van der Waals surface area contributed by atoms with E-state index in [0.29, 0.717) is 25.2 Å². The fourth-order valence-corrected chi connectivity index (χ4v) is 3.52. The van der Waals surface area contributed by atoms with E-state index in [2.05, 4.69) is 17.3 Å². The number of carbonyl (C=O) groups excluding carboxylic acids is 4. The van der Waals surface area contributed by atoms with E-state index in [1.165, 1.54) is 42.6 Å². The van der Waals surface area contributed by atoms with Crippen LogP contribution in [0.25, 0.3) is 0 Å². The Labute approximate surface area is 241 Å². The molecule has 1 saturated heterocycles. The van der Waals surface area contributed by atoms with Crippen molar-refractivity contribution in [1.29, 1.82) is 0 Å². The molecule has 0 saturated carbocycles. The van der Waals surface area contributed by atoms with Gasteiger partial charge in [-0.15, -0.1) is 11.6 Å². The van der Waals surface area contributed by atoms with E-state index in [1.54, 1.807) is 24.3 Å². The Morgan fingerprint density at radius 1 is 1.05 bits per heavy atom. The topological polar surface area (TPSA) is 127 Å². The van der Waals surface area contributed by atoms with Gasteiger partial charge in [0.25, 0.3) is 0 Å². The summed E-state index contributed by atoms with van der Waals surface area (Å²) in [7, 11) is 1.50. The Bertz CT molecular complexity index is 979. The molecule has 3 rings (SSSR count). The molecule has 1 fully saturated rings. The van der Waals surface area contributed by atoms with Crippen LogP contribution < -0.4 is 21.3 Å². The highest BCUT2D eigenvalue weighted by Gasteiger charge is 2.30. The zero-order valence-corrected chi connectivity index (χ0v) is 24.7. The summed E-state index contributed by atoms with van der Waals surface area (Å²) in [4.78, 5) is 47.3. The smallest absolute Gasteiger partial charge is 0.228 e. The van der Waals surface area contributed by atoms with Gasteiger partial charge in [-0.3, -0.25) is 14.4 Å². The van der Waals surface area contributed by atoms with Crippen LogP contribution in [0.5, 0.6) is 0 Å². The number of rotatable bonds is 9. The summed E-state index contributed by atoms with van der Waals surface area (Å²) in [6, 6.07) is 11.7. The van der Waals surface area contributed by atoms with Gasteiger partial charge in [0.05, 0.1) is 12.5 Å². The summed E-state index contributed by atoms with van der Waals surface area (Å²) in [6.45, 7) is 7.10. The lowest BCUT2D eigenvalue weighted by Crippen LogP contribution is -2.45. The number of alkyl halides is 1. The fourth-order valence-electron chi connectivity index (χ4n) is 3.52. The number of halogens is 3. The van der Waals surface area contributed by atoms with Crippen molar-refractivity contribution in [2.24, 2.45) is 23.3 Å². The molecule has 1 aliphatic heterocycles. The van der Waals surface area contributed by atoms with E-state index >= 15 is 0 Å². The van der Waals surface area contributed by atoms with Crippen LogP contribution in [-0.4, -0.2) is 57.5 Å². The molecule has 1 aliphatic rings. The van der Waals surface area contributed by atoms with Crippen LogP contribution in [0.4, 0.5) is 20.2 Å². The van der Waals surface area contributed by atoms with Gasteiger partial charge in [0.15, 0.2) is 5.78 Å². The highest BCUT2D eigenvalue weighted by atomic mass is 35.5. The van der Waals surface area contributed by atoms with Crippen LogP contribution in [0.3, 0.4) is 0 Å². The number of hydrogen-bond acceptors (Lipinski definition) is 6. The van der Waals surface area contributed by atoms with Crippen molar-refractivity contribution in [2.45, 2.75) is 40.0 Å². The molecule has 0 bridgehead atoms. The van der Waals surface area contributed by atoms with Gasteiger partial charge in [-0.1, -0.05) is 20.8 Å².